The highest BCUT2D eigenvalue weighted by atomic mass is 32.1. The Bertz CT molecular complexity index is 1170. The number of fused-ring (bicyclic) bond motifs is 1. The molecule has 7 nitrogen and oxygen atoms in total. The molecule has 5 rings (SSSR count). The maximum Gasteiger partial charge on any atom is 0.254 e. The Balaban J connectivity index is 1.51. The van der Waals surface area contributed by atoms with Crippen LogP contribution in [0.15, 0.2) is 54.3 Å². The number of piperidine rings is 1. The maximum absolute atomic E-state index is 12.9. The van der Waals surface area contributed by atoms with Crippen LogP contribution >= 0.6 is 11.3 Å². The summed E-state index contributed by atoms with van der Waals surface area (Å²) in [6, 6.07) is 9.62. The zero-order valence-electron chi connectivity index (χ0n) is 15.7. The van der Waals surface area contributed by atoms with E-state index in [0.717, 1.165) is 35.5 Å². The molecule has 0 spiro atoms. The summed E-state index contributed by atoms with van der Waals surface area (Å²) < 4.78 is 1.73. The molecule has 0 aliphatic carbocycles. The van der Waals surface area contributed by atoms with Crippen LogP contribution in [-0.2, 0) is 0 Å². The normalized spacial score (nSPS) is 17.0. The van der Waals surface area contributed by atoms with Gasteiger partial charge in [0, 0.05) is 37.1 Å². The first-order valence-corrected chi connectivity index (χ1v) is 10.5. The molecule has 1 saturated heterocycles. The standard InChI is InChI=1S/C21H20N6OS/c22-15-3-1-8-26(13-15)21(28)14-5-7-23-18(11-14)16-12-24-27-9-6-17(25-20(16)27)19-4-2-10-29-19/h2,4-7,9-12,15H,1,3,8,13,22H2. The summed E-state index contributed by atoms with van der Waals surface area (Å²) >= 11 is 1.64. The van der Waals surface area contributed by atoms with E-state index in [0.29, 0.717) is 23.4 Å². The summed E-state index contributed by atoms with van der Waals surface area (Å²) in [5.74, 6) is -0.00694. The summed E-state index contributed by atoms with van der Waals surface area (Å²) in [6.45, 7) is 1.34. The highest BCUT2D eigenvalue weighted by Crippen LogP contribution is 2.27. The molecule has 0 radical (unpaired) electrons. The van der Waals surface area contributed by atoms with E-state index >= 15 is 0 Å². The van der Waals surface area contributed by atoms with E-state index < -0.39 is 0 Å². The summed E-state index contributed by atoms with van der Waals surface area (Å²) in [5.41, 5.74) is 9.74. The molecule has 1 amide bonds. The number of thiophene rings is 1. The van der Waals surface area contributed by atoms with Gasteiger partial charge in [0.25, 0.3) is 5.91 Å². The minimum atomic E-state index is -0.00694. The van der Waals surface area contributed by atoms with Gasteiger partial charge in [-0.15, -0.1) is 11.3 Å². The number of amides is 1. The van der Waals surface area contributed by atoms with Crippen molar-refractivity contribution in [3.63, 3.8) is 0 Å². The van der Waals surface area contributed by atoms with Crippen molar-refractivity contribution in [2.24, 2.45) is 5.73 Å². The largest absolute Gasteiger partial charge is 0.337 e. The highest BCUT2D eigenvalue weighted by molar-refractivity contribution is 7.13. The van der Waals surface area contributed by atoms with Gasteiger partial charge in [-0.05, 0) is 42.5 Å². The molecule has 1 aliphatic rings. The van der Waals surface area contributed by atoms with E-state index in [1.807, 2.05) is 40.7 Å². The van der Waals surface area contributed by atoms with E-state index in [1.54, 1.807) is 34.3 Å². The van der Waals surface area contributed by atoms with Crippen molar-refractivity contribution in [1.82, 2.24) is 24.5 Å². The van der Waals surface area contributed by atoms with Gasteiger partial charge in [0.2, 0.25) is 0 Å². The van der Waals surface area contributed by atoms with E-state index in [9.17, 15) is 4.79 Å². The Labute approximate surface area is 171 Å². The lowest BCUT2D eigenvalue weighted by Gasteiger charge is -2.30. The number of aromatic nitrogens is 4. The van der Waals surface area contributed by atoms with Crippen LogP contribution in [0.25, 0.3) is 27.5 Å². The van der Waals surface area contributed by atoms with Gasteiger partial charge in [-0.2, -0.15) is 5.10 Å². The van der Waals surface area contributed by atoms with Gasteiger partial charge < -0.3 is 10.6 Å². The SMILES string of the molecule is NC1CCCN(C(=O)c2ccnc(-c3cnn4ccc(-c5cccs5)nc34)c2)C1. The lowest BCUT2D eigenvalue weighted by Crippen LogP contribution is -2.45. The number of nitrogens with two attached hydrogens (primary N) is 1. The monoisotopic (exact) mass is 404 g/mol. The Kier molecular flexibility index (Phi) is 4.57. The molecule has 0 aromatic carbocycles. The second kappa shape index (κ2) is 7.38. The topological polar surface area (TPSA) is 89.4 Å². The Morgan fingerprint density at radius 2 is 2.17 bits per heavy atom. The Hall–Kier alpha value is -3.10. The Morgan fingerprint density at radius 1 is 1.24 bits per heavy atom. The molecular weight excluding hydrogens is 384 g/mol. The van der Waals surface area contributed by atoms with Gasteiger partial charge in [0.15, 0.2) is 5.65 Å². The van der Waals surface area contributed by atoms with Crippen LogP contribution in [0.4, 0.5) is 0 Å². The van der Waals surface area contributed by atoms with Crippen molar-refractivity contribution in [2.45, 2.75) is 18.9 Å². The molecule has 8 heteroatoms. The fourth-order valence-electron chi connectivity index (χ4n) is 3.70. The Morgan fingerprint density at radius 3 is 3.00 bits per heavy atom. The third kappa shape index (κ3) is 3.41. The lowest BCUT2D eigenvalue weighted by molar-refractivity contribution is 0.0708. The second-order valence-corrected chi connectivity index (χ2v) is 8.15. The highest BCUT2D eigenvalue weighted by Gasteiger charge is 2.23. The molecular formula is C21H20N6OS. The predicted octanol–water partition coefficient (Wildman–Crippen LogP) is 3.08. The summed E-state index contributed by atoms with van der Waals surface area (Å²) in [4.78, 5) is 25.1. The first-order valence-electron chi connectivity index (χ1n) is 9.58. The molecule has 4 aromatic rings. The van der Waals surface area contributed by atoms with Gasteiger partial charge >= 0.3 is 0 Å². The van der Waals surface area contributed by atoms with Crippen LogP contribution in [-0.4, -0.2) is 49.5 Å². The lowest BCUT2D eigenvalue weighted by atomic mass is 10.0. The molecule has 1 atom stereocenters. The average Bonchev–Trinajstić information content (AvgIpc) is 3.43. The average molecular weight is 404 g/mol. The fraction of sp³-hybridized carbons (Fsp3) is 0.238. The van der Waals surface area contributed by atoms with Crippen molar-refractivity contribution in [3.8, 4) is 21.8 Å². The molecule has 2 N–H and O–H groups in total. The molecule has 29 heavy (non-hydrogen) atoms. The third-order valence-corrected chi connectivity index (χ3v) is 6.06. The minimum Gasteiger partial charge on any atom is -0.337 e. The fourth-order valence-corrected chi connectivity index (χ4v) is 4.39. The number of nitrogens with zero attached hydrogens (tertiary/aromatic N) is 5. The predicted molar refractivity (Wildman–Crippen MR) is 113 cm³/mol. The van der Waals surface area contributed by atoms with Crippen molar-refractivity contribution in [1.29, 1.82) is 0 Å². The van der Waals surface area contributed by atoms with Crippen molar-refractivity contribution >= 4 is 22.9 Å². The number of carbonyl (C=O) groups is 1. The van der Waals surface area contributed by atoms with Gasteiger partial charge in [-0.1, -0.05) is 6.07 Å². The second-order valence-electron chi connectivity index (χ2n) is 7.20. The zero-order valence-corrected chi connectivity index (χ0v) is 16.5. The van der Waals surface area contributed by atoms with Crippen molar-refractivity contribution < 1.29 is 4.79 Å². The minimum absolute atomic E-state index is 0.00694. The maximum atomic E-state index is 12.9. The van der Waals surface area contributed by atoms with Crippen LogP contribution in [0.3, 0.4) is 0 Å². The van der Waals surface area contributed by atoms with Gasteiger partial charge in [0.05, 0.1) is 28.0 Å². The molecule has 4 aromatic heterocycles. The number of carbonyl (C=O) groups excluding carboxylic acids is 1. The van der Waals surface area contributed by atoms with Gasteiger partial charge in [-0.25, -0.2) is 9.50 Å². The van der Waals surface area contributed by atoms with Crippen LogP contribution in [0.2, 0.25) is 0 Å². The van der Waals surface area contributed by atoms with E-state index in [2.05, 4.69) is 10.1 Å². The summed E-state index contributed by atoms with van der Waals surface area (Å²) in [5, 5.41) is 6.43. The molecule has 0 saturated carbocycles. The first-order chi connectivity index (χ1) is 14.2. The summed E-state index contributed by atoms with van der Waals surface area (Å²) in [6.07, 6.45) is 7.21. The number of pyridine rings is 1. The van der Waals surface area contributed by atoms with E-state index in [4.69, 9.17) is 10.7 Å². The molecule has 146 valence electrons. The number of likely N-dealkylation sites (tertiary alicyclic amines) is 1. The number of rotatable bonds is 3. The molecule has 1 aliphatic heterocycles. The number of hydrogen-bond acceptors (Lipinski definition) is 6. The number of hydrogen-bond donors (Lipinski definition) is 1. The molecule has 1 fully saturated rings. The van der Waals surface area contributed by atoms with Crippen molar-refractivity contribution in [3.05, 3.63) is 59.9 Å². The molecule has 1 unspecified atom stereocenters. The quantitative estimate of drug-likeness (QED) is 0.567. The van der Waals surface area contributed by atoms with Crippen molar-refractivity contribution in [2.75, 3.05) is 13.1 Å². The van der Waals surface area contributed by atoms with Crippen LogP contribution in [0.1, 0.15) is 23.2 Å². The smallest absolute Gasteiger partial charge is 0.254 e. The molecule has 0 bridgehead atoms. The summed E-state index contributed by atoms with van der Waals surface area (Å²) in [7, 11) is 0. The third-order valence-electron chi connectivity index (χ3n) is 5.17. The van der Waals surface area contributed by atoms with Gasteiger partial charge in [0.1, 0.15) is 0 Å². The molecule has 5 heterocycles. The first kappa shape index (κ1) is 18.0. The van der Waals surface area contributed by atoms with E-state index in [1.165, 1.54) is 0 Å². The van der Waals surface area contributed by atoms with E-state index in [-0.39, 0.29) is 11.9 Å². The van der Waals surface area contributed by atoms with Crippen LogP contribution in [0, 0.1) is 0 Å². The zero-order chi connectivity index (χ0) is 19.8. The van der Waals surface area contributed by atoms with Gasteiger partial charge in [-0.3, -0.25) is 9.78 Å². The van der Waals surface area contributed by atoms with Crippen LogP contribution < -0.4 is 5.73 Å². The van der Waals surface area contributed by atoms with Crippen LogP contribution in [0.5, 0.6) is 0 Å².